The van der Waals surface area contributed by atoms with Gasteiger partial charge in [-0.1, -0.05) is 23.7 Å². The maximum atomic E-state index is 6.15. The summed E-state index contributed by atoms with van der Waals surface area (Å²) in [6, 6.07) is 8.16. The molecular weight excluding hydrogens is 463 g/mol. The highest BCUT2D eigenvalue weighted by molar-refractivity contribution is 14.0. The van der Waals surface area contributed by atoms with E-state index >= 15 is 0 Å². The summed E-state index contributed by atoms with van der Waals surface area (Å²) in [6.07, 6.45) is 2.33. The first-order valence-electron chi connectivity index (χ1n) is 8.73. The fourth-order valence-corrected chi connectivity index (χ4v) is 3.08. The number of oxazole rings is 1. The molecule has 2 aromatic rings. The van der Waals surface area contributed by atoms with Gasteiger partial charge in [-0.05, 0) is 51.3 Å². The highest BCUT2D eigenvalue weighted by atomic mass is 127. The molecule has 0 radical (unpaired) electrons. The minimum atomic E-state index is 0. The van der Waals surface area contributed by atoms with Crippen LogP contribution in [-0.4, -0.2) is 24.0 Å². The van der Waals surface area contributed by atoms with Crippen molar-refractivity contribution < 1.29 is 4.42 Å². The van der Waals surface area contributed by atoms with E-state index in [-0.39, 0.29) is 29.4 Å². The van der Waals surface area contributed by atoms with E-state index in [4.69, 9.17) is 16.0 Å². The molecule has 0 aliphatic heterocycles. The molecule has 0 atom stereocenters. The molecule has 0 amide bonds. The molecule has 0 saturated heterocycles. The molecule has 1 heterocycles. The number of nitrogens with one attached hydrogen (secondary N) is 2. The number of guanidine groups is 1. The van der Waals surface area contributed by atoms with Crippen molar-refractivity contribution in [1.82, 2.24) is 15.6 Å². The predicted molar refractivity (Wildman–Crippen MR) is 117 cm³/mol. The minimum Gasteiger partial charge on any atom is -0.444 e. The molecular formula is C19H26ClIN4O. The van der Waals surface area contributed by atoms with Crippen LogP contribution in [0.15, 0.2) is 33.7 Å². The second-order valence-corrected chi connectivity index (χ2v) is 7.03. The zero-order valence-electron chi connectivity index (χ0n) is 15.4. The first kappa shape index (κ1) is 21.0. The van der Waals surface area contributed by atoms with E-state index in [9.17, 15) is 0 Å². The van der Waals surface area contributed by atoms with E-state index in [1.165, 1.54) is 5.56 Å². The summed E-state index contributed by atoms with van der Waals surface area (Å²) in [7, 11) is 0. The van der Waals surface area contributed by atoms with Gasteiger partial charge in [0.2, 0.25) is 5.89 Å². The lowest BCUT2D eigenvalue weighted by molar-refractivity contribution is 0.472. The first-order valence-corrected chi connectivity index (χ1v) is 9.11. The smallest absolute Gasteiger partial charge is 0.216 e. The Bertz CT molecular complexity index is 751. The fourth-order valence-electron chi connectivity index (χ4n) is 2.88. The lowest BCUT2D eigenvalue weighted by atomic mass is 9.96. The number of aliphatic imine (C=N–C) groups is 1. The molecule has 0 unspecified atom stereocenters. The van der Waals surface area contributed by atoms with Crippen molar-refractivity contribution in [1.29, 1.82) is 0 Å². The van der Waals surface area contributed by atoms with Crippen LogP contribution < -0.4 is 10.6 Å². The van der Waals surface area contributed by atoms with Crippen LogP contribution in [0, 0.1) is 13.8 Å². The normalized spacial score (nSPS) is 15.3. The van der Waals surface area contributed by atoms with Crippen LogP contribution in [0.1, 0.15) is 42.7 Å². The average molecular weight is 489 g/mol. The van der Waals surface area contributed by atoms with Gasteiger partial charge in [0.05, 0.1) is 5.69 Å². The Morgan fingerprint density at radius 2 is 2.08 bits per heavy atom. The lowest BCUT2D eigenvalue weighted by Gasteiger charge is -2.19. The number of aryl methyl sites for hydroxylation is 2. The molecule has 0 spiro atoms. The number of hydrogen-bond donors (Lipinski definition) is 2. The van der Waals surface area contributed by atoms with E-state index in [1.807, 2.05) is 26.0 Å². The summed E-state index contributed by atoms with van der Waals surface area (Å²) >= 11 is 6.15. The minimum absolute atomic E-state index is 0. The van der Waals surface area contributed by atoms with E-state index in [1.54, 1.807) is 0 Å². The van der Waals surface area contributed by atoms with Gasteiger partial charge in [-0.15, -0.1) is 24.0 Å². The second kappa shape index (κ2) is 9.08. The molecule has 1 fully saturated rings. The molecule has 5 nitrogen and oxygen atoms in total. The van der Waals surface area contributed by atoms with E-state index < -0.39 is 0 Å². The SMILES string of the molecule is CCNC(=NCc1nc(C)c(C)o1)NCC1(c2cccc(Cl)c2)CC1.I. The third kappa shape index (κ3) is 5.13. The van der Waals surface area contributed by atoms with Gasteiger partial charge in [0.15, 0.2) is 5.96 Å². The fraction of sp³-hybridized carbons (Fsp3) is 0.474. The Kier molecular flexibility index (Phi) is 7.34. The first-order chi connectivity index (χ1) is 12.0. The van der Waals surface area contributed by atoms with Gasteiger partial charge in [0.1, 0.15) is 12.3 Å². The topological polar surface area (TPSA) is 62.5 Å². The van der Waals surface area contributed by atoms with Crippen LogP contribution in [0.2, 0.25) is 5.02 Å². The van der Waals surface area contributed by atoms with Crippen molar-refractivity contribution in [3.63, 3.8) is 0 Å². The quantitative estimate of drug-likeness (QED) is 0.360. The average Bonchev–Trinajstić information content (AvgIpc) is 3.31. The van der Waals surface area contributed by atoms with E-state index in [2.05, 4.69) is 39.7 Å². The Hall–Kier alpha value is -1.28. The van der Waals surface area contributed by atoms with Crippen molar-refractivity contribution in [2.24, 2.45) is 4.99 Å². The summed E-state index contributed by atoms with van der Waals surface area (Å²) in [5.41, 5.74) is 2.38. The van der Waals surface area contributed by atoms with E-state index in [0.29, 0.717) is 12.4 Å². The monoisotopic (exact) mass is 488 g/mol. The third-order valence-electron chi connectivity index (χ3n) is 4.67. The standard InChI is InChI=1S/C19H25ClN4O.HI/c1-4-21-18(22-11-17-24-13(2)14(3)25-17)23-12-19(8-9-19)15-6-5-7-16(20)10-15;/h5-7,10H,4,8-9,11-12H2,1-3H3,(H2,21,22,23);1H. The highest BCUT2D eigenvalue weighted by Crippen LogP contribution is 2.48. The summed E-state index contributed by atoms with van der Waals surface area (Å²) in [6.45, 7) is 7.98. The maximum absolute atomic E-state index is 6.15. The van der Waals surface area contributed by atoms with Gasteiger partial charge >= 0.3 is 0 Å². The summed E-state index contributed by atoms with van der Waals surface area (Å²) in [5.74, 6) is 2.27. The molecule has 7 heteroatoms. The third-order valence-corrected chi connectivity index (χ3v) is 4.91. The molecule has 1 aliphatic carbocycles. The number of nitrogens with zero attached hydrogens (tertiary/aromatic N) is 2. The number of halogens is 2. The van der Waals surface area contributed by atoms with Crippen molar-refractivity contribution in [2.75, 3.05) is 13.1 Å². The highest BCUT2D eigenvalue weighted by Gasteiger charge is 2.44. The van der Waals surface area contributed by atoms with Gasteiger partial charge in [-0.2, -0.15) is 0 Å². The van der Waals surface area contributed by atoms with Crippen LogP contribution in [-0.2, 0) is 12.0 Å². The van der Waals surface area contributed by atoms with Crippen molar-refractivity contribution in [3.05, 3.63) is 52.2 Å². The second-order valence-electron chi connectivity index (χ2n) is 6.59. The van der Waals surface area contributed by atoms with Gasteiger partial charge in [0, 0.05) is 23.5 Å². The van der Waals surface area contributed by atoms with Crippen LogP contribution in [0.4, 0.5) is 0 Å². The molecule has 1 aliphatic rings. The van der Waals surface area contributed by atoms with Gasteiger partial charge < -0.3 is 15.1 Å². The predicted octanol–water partition coefficient (Wildman–Crippen LogP) is 4.35. The number of benzene rings is 1. The van der Waals surface area contributed by atoms with Crippen molar-refractivity contribution in [2.45, 2.75) is 45.6 Å². The number of hydrogen-bond acceptors (Lipinski definition) is 3. The lowest BCUT2D eigenvalue weighted by Crippen LogP contribution is -2.41. The molecule has 1 aromatic carbocycles. The molecule has 142 valence electrons. The molecule has 2 N–H and O–H groups in total. The largest absolute Gasteiger partial charge is 0.444 e. The Morgan fingerprint density at radius 3 is 2.65 bits per heavy atom. The number of rotatable bonds is 6. The maximum Gasteiger partial charge on any atom is 0.216 e. The zero-order valence-corrected chi connectivity index (χ0v) is 18.5. The Labute approximate surface area is 177 Å². The molecule has 1 saturated carbocycles. The van der Waals surface area contributed by atoms with E-state index in [0.717, 1.165) is 48.4 Å². The van der Waals surface area contributed by atoms with Crippen LogP contribution in [0.25, 0.3) is 0 Å². The van der Waals surface area contributed by atoms with Gasteiger partial charge in [-0.25, -0.2) is 9.98 Å². The van der Waals surface area contributed by atoms with Gasteiger partial charge in [-0.3, -0.25) is 0 Å². The zero-order chi connectivity index (χ0) is 17.9. The number of aromatic nitrogens is 1. The van der Waals surface area contributed by atoms with Crippen LogP contribution in [0.3, 0.4) is 0 Å². The van der Waals surface area contributed by atoms with Crippen LogP contribution >= 0.6 is 35.6 Å². The Morgan fingerprint density at radius 1 is 1.31 bits per heavy atom. The van der Waals surface area contributed by atoms with Gasteiger partial charge in [0.25, 0.3) is 0 Å². The summed E-state index contributed by atoms with van der Waals surface area (Å²) in [4.78, 5) is 8.97. The summed E-state index contributed by atoms with van der Waals surface area (Å²) in [5, 5.41) is 7.53. The molecule has 26 heavy (non-hydrogen) atoms. The van der Waals surface area contributed by atoms with Crippen molar-refractivity contribution in [3.8, 4) is 0 Å². The molecule has 1 aromatic heterocycles. The molecule has 3 rings (SSSR count). The van der Waals surface area contributed by atoms with Crippen molar-refractivity contribution >= 4 is 41.5 Å². The Balaban J connectivity index is 0.00000243. The molecule has 0 bridgehead atoms. The van der Waals surface area contributed by atoms with Crippen LogP contribution in [0.5, 0.6) is 0 Å². The summed E-state index contributed by atoms with van der Waals surface area (Å²) < 4.78 is 5.59.